The van der Waals surface area contributed by atoms with E-state index in [2.05, 4.69) is 11.6 Å². The molecular weight excluding hydrogens is 515 g/mol. The SMILES string of the molecule is C=CCOC(=O)c1sc(N2C(=O)C(=O)C(=C(O)c3ccc4c(c3)OCCO4)[C@@H]2c2ccc(F)cc2)nc1C. The number of anilines is 1. The Balaban J connectivity index is 1.64. The van der Waals surface area contributed by atoms with Gasteiger partial charge in [-0.3, -0.25) is 14.5 Å². The van der Waals surface area contributed by atoms with Gasteiger partial charge in [-0.05, 0) is 42.8 Å². The number of nitrogens with zero attached hydrogens (tertiary/aromatic N) is 2. The van der Waals surface area contributed by atoms with Crippen molar-refractivity contribution in [2.45, 2.75) is 13.0 Å². The molecule has 5 rings (SSSR count). The van der Waals surface area contributed by atoms with Crippen LogP contribution in [0.2, 0.25) is 0 Å². The number of benzene rings is 2. The van der Waals surface area contributed by atoms with Gasteiger partial charge in [-0.15, -0.1) is 0 Å². The van der Waals surface area contributed by atoms with Gasteiger partial charge in [-0.1, -0.05) is 36.1 Å². The summed E-state index contributed by atoms with van der Waals surface area (Å²) in [5, 5.41) is 11.4. The second kappa shape index (κ2) is 10.1. The summed E-state index contributed by atoms with van der Waals surface area (Å²) in [6.45, 7) is 5.77. The highest BCUT2D eigenvalue weighted by Crippen LogP contribution is 2.44. The molecule has 2 aromatic carbocycles. The van der Waals surface area contributed by atoms with E-state index in [1.807, 2.05) is 0 Å². The van der Waals surface area contributed by atoms with Crippen molar-refractivity contribution in [1.82, 2.24) is 4.98 Å². The maximum Gasteiger partial charge on any atom is 0.350 e. The standard InChI is InChI=1S/C27H21FN2O7S/c1-3-10-37-26(34)24-14(2)29-27(38-24)30-21(15-4-7-17(28)8-5-15)20(23(32)25(30)33)22(31)16-6-9-18-19(13-16)36-12-11-35-18/h3-9,13,21,31H,1,10-12H2,2H3/t21-/m0/s1. The Morgan fingerprint density at radius 1 is 1.21 bits per heavy atom. The number of aromatic nitrogens is 1. The second-order valence-corrected chi connectivity index (χ2v) is 9.35. The molecule has 0 radical (unpaired) electrons. The van der Waals surface area contributed by atoms with Gasteiger partial charge in [0.05, 0.1) is 17.3 Å². The van der Waals surface area contributed by atoms with E-state index in [0.29, 0.717) is 36.0 Å². The summed E-state index contributed by atoms with van der Waals surface area (Å²) >= 11 is 0.869. The van der Waals surface area contributed by atoms with E-state index in [4.69, 9.17) is 14.2 Å². The molecule has 3 heterocycles. The summed E-state index contributed by atoms with van der Waals surface area (Å²) in [7, 11) is 0. The Morgan fingerprint density at radius 3 is 2.63 bits per heavy atom. The number of rotatable bonds is 6. The molecule has 1 amide bonds. The van der Waals surface area contributed by atoms with Crippen LogP contribution in [0.5, 0.6) is 11.5 Å². The normalized spacial score (nSPS) is 17.9. The molecule has 9 nitrogen and oxygen atoms in total. The van der Waals surface area contributed by atoms with Gasteiger partial charge in [0.25, 0.3) is 5.78 Å². The van der Waals surface area contributed by atoms with Crippen molar-refractivity contribution < 1.29 is 38.1 Å². The van der Waals surface area contributed by atoms with Gasteiger partial charge in [0, 0.05) is 5.56 Å². The van der Waals surface area contributed by atoms with Crippen LogP contribution in [0, 0.1) is 12.7 Å². The van der Waals surface area contributed by atoms with Crippen LogP contribution in [-0.4, -0.2) is 47.6 Å². The first-order valence-corrected chi connectivity index (χ1v) is 12.3. The minimum absolute atomic E-state index is 0.0128. The zero-order valence-electron chi connectivity index (χ0n) is 20.1. The van der Waals surface area contributed by atoms with E-state index in [0.717, 1.165) is 16.2 Å². The maximum atomic E-state index is 13.8. The molecule has 1 aromatic heterocycles. The molecule has 0 spiro atoms. The van der Waals surface area contributed by atoms with Crippen LogP contribution in [0.3, 0.4) is 0 Å². The van der Waals surface area contributed by atoms with Crippen LogP contribution in [0.25, 0.3) is 5.76 Å². The van der Waals surface area contributed by atoms with Crippen LogP contribution < -0.4 is 14.4 Å². The predicted molar refractivity (Wildman–Crippen MR) is 136 cm³/mol. The van der Waals surface area contributed by atoms with Gasteiger partial charge in [0.15, 0.2) is 16.6 Å². The number of Topliss-reactive ketones (excluding diaryl/α,β-unsaturated/α-hetero) is 1. The number of thiazole rings is 1. The number of carbonyl (C=O) groups excluding carboxylic acids is 3. The van der Waals surface area contributed by atoms with Crippen LogP contribution >= 0.6 is 11.3 Å². The lowest BCUT2D eigenvalue weighted by Crippen LogP contribution is -2.29. The minimum Gasteiger partial charge on any atom is -0.507 e. The lowest BCUT2D eigenvalue weighted by Gasteiger charge is -2.23. The first kappa shape index (κ1) is 25.2. The van der Waals surface area contributed by atoms with E-state index < -0.39 is 35.3 Å². The highest BCUT2D eigenvalue weighted by molar-refractivity contribution is 7.17. The van der Waals surface area contributed by atoms with Crippen LogP contribution in [0.4, 0.5) is 9.52 Å². The summed E-state index contributed by atoms with van der Waals surface area (Å²) in [5.74, 6) is -2.68. The van der Waals surface area contributed by atoms with Crippen molar-refractivity contribution in [2.75, 3.05) is 24.7 Å². The Labute approximate surface area is 220 Å². The fourth-order valence-electron chi connectivity index (χ4n) is 4.21. The Kier molecular flexibility index (Phi) is 6.68. The van der Waals surface area contributed by atoms with E-state index in [-0.39, 0.29) is 27.8 Å². The molecule has 1 fully saturated rings. The third-order valence-electron chi connectivity index (χ3n) is 5.95. The molecule has 3 aromatic rings. The number of ketones is 1. The summed E-state index contributed by atoms with van der Waals surface area (Å²) in [4.78, 5) is 44.8. The number of halogens is 1. The van der Waals surface area contributed by atoms with Crippen LogP contribution in [-0.2, 0) is 14.3 Å². The largest absolute Gasteiger partial charge is 0.507 e. The highest BCUT2D eigenvalue weighted by Gasteiger charge is 2.48. The van der Waals surface area contributed by atoms with Gasteiger partial charge in [-0.25, -0.2) is 14.2 Å². The zero-order chi connectivity index (χ0) is 27.0. The zero-order valence-corrected chi connectivity index (χ0v) is 20.9. The van der Waals surface area contributed by atoms with Crippen LogP contribution in [0.1, 0.15) is 32.5 Å². The minimum atomic E-state index is -1.15. The number of amides is 1. The van der Waals surface area contributed by atoms with E-state index in [1.54, 1.807) is 19.1 Å². The van der Waals surface area contributed by atoms with Crippen LogP contribution in [0.15, 0.2) is 60.7 Å². The lowest BCUT2D eigenvalue weighted by molar-refractivity contribution is -0.132. The first-order chi connectivity index (χ1) is 18.3. The summed E-state index contributed by atoms with van der Waals surface area (Å²) in [5.41, 5.74) is 0.657. The van der Waals surface area contributed by atoms with Crippen molar-refractivity contribution in [3.8, 4) is 11.5 Å². The van der Waals surface area contributed by atoms with Crippen molar-refractivity contribution in [3.05, 3.63) is 88.2 Å². The number of fused-ring (bicyclic) bond motifs is 1. The summed E-state index contributed by atoms with van der Waals surface area (Å²) < 4.78 is 30.0. The van der Waals surface area contributed by atoms with Gasteiger partial charge in [0.1, 0.15) is 36.3 Å². The number of hydrogen-bond acceptors (Lipinski definition) is 9. The lowest BCUT2D eigenvalue weighted by atomic mass is 9.95. The fraction of sp³-hybridized carbons (Fsp3) is 0.185. The quantitative estimate of drug-likeness (QED) is 0.163. The number of esters is 1. The molecule has 0 aliphatic carbocycles. The van der Waals surface area contributed by atoms with Gasteiger partial charge < -0.3 is 19.3 Å². The number of aliphatic hydroxyl groups excluding tert-OH is 1. The molecule has 0 saturated carbocycles. The second-order valence-electron chi connectivity index (χ2n) is 8.38. The van der Waals surface area contributed by atoms with Gasteiger partial charge in [-0.2, -0.15) is 0 Å². The smallest absolute Gasteiger partial charge is 0.350 e. The average molecular weight is 537 g/mol. The van der Waals surface area contributed by atoms with E-state index in [1.165, 1.54) is 36.4 Å². The molecule has 38 heavy (non-hydrogen) atoms. The predicted octanol–water partition coefficient (Wildman–Crippen LogP) is 4.33. The third-order valence-corrected chi connectivity index (χ3v) is 7.09. The summed E-state index contributed by atoms with van der Waals surface area (Å²) in [6.07, 6.45) is 1.42. The fourth-order valence-corrected chi connectivity index (χ4v) is 5.20. The molecule has 194 valence electrons. The molecule has 1 atom stereocenters. The number of ether oxygens (including phenoxy) is 3. The molecule has 1 saturated heterocycles. The van der Waals surface area contributed by atoms with Crippen molar-refractivity contribution in [2.24, 2.45) is 0 Å². The Hall–Kier alpha value is -4.51. The van der Waals surface area contributed by atoms with Crippen molar-refractivity contribution in [3.63, 3.8) is 0 Å². The van der Waals surface area contributed by atoms with Crippen molar-refractivity contribution >= 4 is 39.9 Å². The topological polar surface area (TPSA) is 115 Å². The maximum absolute atomic E-state index is 13.8. The number of aliphatic hydroxyl groups is 1. The van der Waals surface area contributed by atoms with Crippen molar-refractivity contribution in [1.29, 1.82) is 0 Å². The number of hydrogen-bond donors (Lipinski definition) is 1. The molecule has 2 aliphatic rings. The molecule has 0 unspecified atom stereocenters. The Morgan fingerprint density at radius 2 is 1.92 bits per heavy atom. The average Bonchev–Trinajstić information content (AvgIpc) is 3.43. The highest BCUT2D eigenvalue weighted by atomic mass is 32.1. The molecular formula is C27H21FN2O7S. The molecule has 11 heteroatoms. The Bertz CT molecular complexity index is 1500. The molecule has 2 aliphatic heterocycles. The third kappa shape index (κ3) is 4.41. The van der Waals surface area contributed by atoms with Gasteiger partial charge in [0.2, 0.25) is 0 Å². The first-order valence-electron chi connectivity index (χ1n) is 11.5. The monoisotopic (exact) mass is 536 g/mol. The van der Waals surface area contributed by atoms with Gasteiger partial charge >= 0.3 is 11.9 Å². The number of carbonyl (C=O) groups is 3. The number of aryl methyl sites for hydroxylation is 1. The molecule has 0 bridgehead atoms. The van der Waals surface area contributed by atoms with E-state index in [9.17, 15) is 23.9 Å². The summed E-state index contributed by atoms with van der Waals surface area (Å²) in [6, 6.07) is 8.70. The van der Waals surface area contributed by atoms with E-state index >= 15 is 0 Å². The molecule has 1 N–H and O–H groups in total.